The van der Waals surface area contributed by atoms with Gasteiger partial charge in [0.05, 0.1) is 18.5 Å². The number of carbonyl (C=O) groups is 2. The minimum atomic E-state index is -0.948. The molecule has 3 atom stereocenters. The number of amides is 2. The molecule has 0 spiro atoms. The standard InChI is InChI=1S/C25H35N3O3/c1-17(2)13-14-28-23(29)21-12-11-20(22-10-7-15-31-22)27(21)16-25(28,4)24(30)26-19-9-6-5-8-18(19)3/h7,10-12,15,17-19H,5-6,8-9,13-14,16H2,1-4H3,(H,26,30)/t18-,19+,25+/m0/s1. The van der Waals surface area contributed by atoms with E-state index in [1.165, 1.54) is 6.42 Å². The molecule has 4 rings (SSSR count). The van der Waals surface area contributed by atoms with Crippen molar-refractivity contribution in [3.63, 3.8) is 0 Å². The maximum Gasteiger partial charge on any atom is 0.271 e. The van der Waals surface area contributed by atoms with Gasteiger partial charge in [0.2, 0.25) is 5.91 Å². The Morgan fingerprint density at radius 3 is 2.65 bits per heavy atom. The monoisotopic (exact) mass is 425 g/mol. The van der Waals surface area contributed by atoms with E-state index in [0.29, 0.717) is 36.4 Å². The molecular weight excluding hydrogens is 390 g/mol. The van der Waals surface area contributed by atoms with Crippen LogP contribution in [-0.4, -0.2) is 39.4 Å². The van der Waals surface area contributed by atoms with Crippen LogP contribution in [0.2, 0.25) is 0 Å². The van der Waals surface area contributed by atoms with Gasteiger partial charge in [-0.15, -0.1) is 0 Å². The van der Waals surface area contributed by atoms with Crippen molar-refractivity contribution in [2.24, 2.45) is 11.8 Å². The Balaban J connectivity index is 1.68. The van der Waals surface area contributed by atoms with E-state index in [4.69, 9.17) is 4.42 Å². The second-order valence-corrected chi connectivity index (χ2v) is 9.92. The van der Waals surface area contributed by atoms with Gasteiger partial charge >= 0.3 is 0 Å². The molecule has 1 aliphatic heterocycles. The lowest BCUT2D eigenvalue weighted by Gasteiger charge is -2.45. The Morgan fingerprint density at radius 2 is 1.97 bits per heavy atom. The molecule has 0 unspecified atom stereocenters. The fourth-order valence-corrected chi connectivity index (χ4v) is 5.00. The van der Waals surface area contributed by atoms with Gasteiger partial charge in [0.1, 0.15) is 17.0 Å². The van der Waals surface area contributed by atoms with Crippen LogP contribution < -0.4 is 5.32 Å². The molecule has 0 aromatic carbocycles. The van der Waals surface area contributed by atoms with E-state index < -0.39 is 5.54 Å². The summed E-state index contributed by atoms with van der Waals surface area (Å²) in [7, 11) is 0. The summed E-state index contributed by atoms with van der Waals surface area (Å²) < 4.78 is 7.56. The first kappa shape index (κ1) is 21.7. The molecule has 0 radical (unpaired) electrons. The van der Waals surface area contributed by atoms with Crippen molar-refractivity contribution in [3.8, 4) is 11.5 Å². The number of aromatic nitrogens is 1. The third-order valence-electron chi connectivity index (χ3n) is 7.13. The maximum atomic E-state index is 13.7. The van der Waals surface area contributed by atoms with Crippen molar-refractivity contribution in [3.05, 3.63) is 36.2 Å². The first-order valence-electron chi connectivity index (χ1n) is 11.7. The van der Waals surface area contributed by atoms with Crippen LogP contribution in [-0.2, 0) is 11.3 Å². The smallest absolute Gasteiger partial charge is 0.271 e. The van der Waals surface area contributed by atoms with Gasteiger partial charge < -0.3 is 19.2 Å². The number of rotatable bonds is 6. The molecule has 31 heavy (non-hydrogen) atoms. The first-order chi connectivity index (χ1) is 14.8. The SMILES string of the molecule is CC(C)CCN1C(=O)c2ccc(-c3ccco3)n2C[C@]1(C)C(=O)N[C@@H]1CCCC[C@@H]1C. The summed E-state index contributed by atoms with van der Waals surface area (Å²) >= 11 is 0. The number of carbonyl (C=O) groups excluding carboxylic acids is 2. The largest absolute Gasteiger partial charge is 0.463 e. The number of fused-ring (bicyclic) bond motifs is 1. The van der Waals surface area contributed by atoms with E-state index in [2.05, 4.69) is 26.1 Å². The van der Waals surface area contributed by atoms with E-state index in [-0.39, 0.29) is 17.9 Å². The van der Waals surface area contributed by atoms with Gasteiger partial charge in [-0.05, 0) is 62.3 Å². The van der Waals surface area contributed by atoms with Crippen LogP contribution in [0.1, 0.15) is 70.3 Å². The van der Waals surface area contributed by atoms with Crippen LogP contribution in [0, 0.1) is 11.8 Å². The van der Waals surface area contributed by atoms with Crippen LogP contribution in [0.4, 0.5) is 0 Å². The number of hydrogen-bond donors (Lipinski definition) is 1. The zero-order valence-electron chi connectivity index (χ0n) is 19.2. The fraction of sp³-hybridized carbons (Fsp3) is 0.600. The van der Waals surface area contributed by atoms with E-state index >= 15 is 0 Å². The van der Waals surface area contributed by atoms with Crippen LogP contribution in [0.3, 0.4) is 0 Å². The van der Waals surface area contributed by atoms with Gasteiger partial charge in [-0.2, -0.15) is 0 Å². The summed E-state index contributed by atoms with van der Waals surface area (Å²) in [6.45, 7) is 9.42. The summed E-state index contributed by atoms with van der Waals surface area (Å²) in [4.78, 5) is 29.1. The van der Waals surface area contributed by atoms with Gasteiger partial charge in [0.15, 0.2) is 0 Å². The third-order valence-corrected chi connectivity index (χ3v) is 7.13. The zero-order valence-corrected chi connectivity index (χ0v) is 19.2. The summed E-state index contributed by atoms with van der Waals surface area (Å²) in [6, 6.07) is 7.67. The molecule has 6 heteroatoms. The molecule has 2 aromatic rings. The van der Waals surface area contributed by atoms with E-state index in [1.807, 2.05) is 35.8 Å². The fourth-order valence-electron chi connectivity index (χ4n) is 5.00. The highest BCUT2D eigenvalue weighted by Gasteiger charge is 2.48. The molecule has 2 amide bonds. The molecule has 1 saturated carbocycles. The van der Waals surface area contributed by atoms with Crippen LogP contribution in [0.25, 0.3) is 11.5 Å². The van der Waals surface area contributed by atoms with E-state index in [9.17, 15) is 9.59 Å². The molecule has 1 N–H and O–H groups in total. The highest BCUT2D eigenvalue weighted by Crippen LogP contribution is 2.34. The molecule has 3 heterocycles. The minimum absolute atomic E-state index is 0.0481. The highest BCUT2D eigenvalue weighted by atomic mass is 16.3. The van der Waals surface area contributed by atoms with Crippen molar-refractivity contribution in [2.45, 2.75) is 77.9 Å². The minimum Gasteiger partial charge on any atom is -0.463 e. The average molecular weight is 426 g/mol. The van der Waals surface area contributed by atoms with Crippen molar-refractivity contribution in [1.82, 2.24) is 14.8 Å². The quantitative estimate of drug-likeness (QED) is 0.729. The zero-order chi connectivity index (χ0) is 22.2. The van der Waals surface area contributed by atoms with Crippen LogP contribution in [0.5, 0.6) is 0 Å². The van der Waals surface area contributed by atoms with Crippen molar-refractivity contribution in [2.75, 3.05) is 6.54 Å². The number of hydrogen-bond acceptors (Lipinski definition) is 3. The molecule has 2 aliphatic rings. The summed E-state index contributed by atoms with van der Waals surface area (Å²) in [5.41, 5.74) is 0.504. The molecule has 0 saturated heterocycles. The predicted molar refractivity (Wildman–Crippen MR) is 121 cm³/mol. The van der Waals surface area contributed by atoms with Crippen LogP contribution in [0.15, 0.2) is 34.9 Å². The average Bonchev–Trinajstić information content (AvgIpc) is 3.38. The maximum absolute atomic E-state index is 13.7. The number of nitrogens with zero attached hydrogens (tertiary/aromatic N) is 2. The van der Waals surface area contributed by atoms with Gasteiger partial charge in [0.25, 0.3) is 5.91 Å². The Hall–Kier alpha value is -2.50. The second kappa shape index (κ2) is 8.56. The summed E-state index contributed by atoms with van der Waals surface area (Å²) in [5.74, 6) is 1.49. The first-order valence-corrected chi connectivity index (χ1v) is 11.7. The van der Waals surface area contributed by atoms with E-state index in [1.54, 1.807) is 11.2 Å². The third kappa shape index (κ3) is 4.04. The normalized spacial score (nSPS) is 26.2. The van der Waals surface area contributed by atoms with Crippen LogP contribution >= 0.6 is 0 Å². The van der Waals surface area contributed by atoms with Gasteiger partial charge in [0, 0.05) is 12.6 Å². The van der Waals surface area contributed by atoms with Crippen molar-refractivity contribution < 1.29 is 14.0 Å². The number of nitrogens with one attached hydrogen (secondary N) is 1. The number of furan rings is 1. The Morgan fingerprint density at radius 1 is 1.23 bits per heavy atom. The van der Waals surface area contributed by atoms with Crippen molar-refractivity contribution in [1.29, 1.82) is 0 Å². The lowest BCUT2D eigenvalue weighted by Crippen LogP contribution is -2.65. The molecule has 2 aromatic heterocycles. The Kier molecular flexibility index (Phi) is 6.00. The van der Waals surface area contributed by atoms with Gasteiger partial charge in [-0.3, -0.25) is 9.59 Å². The summed E-state index contributed by atoms with van der Waals surface area (Å²) in [6.07, 6.45) is 7.01. The molecular formula is C25H35N3O3. The molecule has 0 bridgehead atoms. The van der Waals surface area contributed by atoms with Crippen molar-refractivity contribution >= 4 is 11.8 Å². The molecule has 168 valence electrons. The Bertz CT molecular complexity index is 930. The second-order valence-electron chi connectivity index (χ2n) is 9.92. The predicted octanol–water partition coefficient (Wildman–Crippen LogP) is 4.70. The summed E-state index contributed by atoms with van der Waals surface area (Å²) in [5, 5.41) is 3.32. The topological polar surface area (TPSA) is 67.5 Å². The molecule has 1 fully saturated rings. The van der Waals surface area contributed by atoms with E-state index in [0.717, 1.165) is 31.4 Å². The van der Waals surface area contributed by atoms with Gasteiger partial charge in [-0.1, -0.05) is 33.6 Å². The lowest BCUT2D eigenvalue weighted by atomic mass is 9.85. The molecule has 6 nitrogen and oxygen atoms in total. The van der Waals surface area contributed by atoms with Gasteiger partial charge in [-0.25, -0.2) is 0 Å². The highest BCUT2D eigenvalue weighted by molar-refractivity contribution is 6.00. The Labute approximate surface area is 185 Å². The lowest BCUT2D eigenvalue weighted by molar-refractivity contribution is -0.134. The molecule has 1 aliphatic carbocycles.